The summed E-state index contributed by atoms with van der Waals surface area (Å²) >= 11 is 0. The Labute approximate surface area is 89.2 Å². The highest BCUT2D eigenvalue weighted by Gasteiger charge is 2.18. The minimum Gasteiger partial charge on any atom is -0.475 e. The standard InChI is InChI=1S/C8H8N2O6/c1-2-15-7(14)5(11)10-8-9-3-4(16-8)6(12)13/h3H,2H2,1H3,(H,12,13)(H,9,10,11). The van der Waals surface area contributed by atoms with E-state index in [2.05, 4.69) is 14.1 Å². The number of carboxylic acids is 1. The monoisotopic (exact) mass is 228 g/mol. The summed E-state index contributed by atoms with van der Waals surface area (Å²) < 4.78 is 8.99. The number of hydrogen-bond acceptors (Lipinski definition) is 6. The van der Waals surface area contributed by atoms with Gasteiger partial charge in [0.15, 0.2) is 0 Å². The highest BCUT2D eigenvalue weighted by Crippen LogP contribution is 2.08. The summed E-state index contributed by atoms with van der Waals surface area (Å²) in [4.78, 5) is 35.7. The average molecular weight is 228 g/mol. The number of carboxylic acid groups (broad SMARTS) is 1. The van der Waals surface area contributed by atoms with Crippen LogP contribution in [0.15, 0.2) is 10.6 Å². The number of aromatic nitrogens is 1. The number of nitrogens with one attached hydrogen (secondary N) is 1. The van der Waals surface area contributed by atoms with Crippen molar-refractivity contribution in [3.05, 3.63) is 12.0 Å². The second-order valence-electron chi connectivity index (χ2n) is 2.51. The highest BCUT2D eigenvalue weighted by molar-refractivity contribution is 6.37. The molecule has 16 heavy (non-hydrogen) atoms. The van der Waals surface area contributed by atoms with Gasteiger partial charge >= 0.3 is 23.9 Å². The maximum atomic E-state index is 11.0. The summed E-state index contributed by atoms with van der Waals surface area (Å²) in [6.07, 6.45) is 0.906. The maximum Gasteiger partial charge on any atom is 0.397 e. The van der Waals surface area contributed by atoms with Gasteiger partial charge in [0.2, 0.25) is 5.76 Å². The largest absolute Gasteiger partial charge is 0.475 e. The lowest BCUT2D eigenvalue weighted by Crippen LogP contribution is -2.25. The van der Waals surface area contributed by atoms with E-state index in [0.29, 0.717) is 0 Å². The third kappa shape index (κ3) is 2.80. The molecule has 0 saturated heterocycles. The minimum atomic E-state index is -1.33. The Hall–Kier alpha value is -2.38. The van der Waals surface area contributed by atoms with Crippen LogP contribution < -0.4 is 5.32 Å². The zero-order valence-electron chi connectivity index (χ0n) is 8.22. The van der Waals surface area contributed by atoms with Crippen molar-refractivity contribution in [3.8, 4) is 0 Å². The molecule has 0 aliphatic heterocycles. The number of anilines is 1. The minimum absolute atomic E-state index is 0.0538. The number of rotatable bonds is 3. The van der Waals surface area contributed by atoms with Crippen molar-refractivity contribution < 1.29 is 28.6 Å². The molecular formula is C8H8N2O6. The number of aromatic carboxylic acids is 1. The van der Waals surface area contributed by atoms with Crippen molar-refractivity contribution in [2.75, 3.05) is 11.9 Å². The Kier molecular flexibility index (Phi) is 3.59. The first kappa shape index (κ1) is 11.7. The predicted molar refractivity (Wildman–Crippen MR) is 48.7 cm³/mol. The number of amides is 1. The van der Waals surface area contributed by atoms with Crippen LogP contribution in [0, 0.1) is 0 Å². The molecule has 1 heterocycles. The van der Waals surface area contributed by atoms with Gasteiger partial charge in [-0.25, -0.2) is 14.6 Å². The van der Waals surface area contributed by atoms with Crippen LogP contribution >= 0.6 is 0 Å². The topological polar surface area (TPSA) is 119 Å². The van der Waals surface area contributed by atoms with Gasteiger partial charge in [0.25, 0.3) is 0 Å². The molecule has 8 heteroatoms. The van der Waals surface area contributed by atoms with Crippen LogP contribution in [0.2, 0.25) is 0 Å². The molecule has 86 valence electrons. The normalized spacial score (nSPS) is 9.56. The molecule has 0 unspecified atom stereocenters. The van der Waals surface area contributed by atoms with Crippen LogP contribution in [0.5, 0.6) is 0 Å². The van der Waals surface area contributed by atoms with Crippen molar-refractivity contribution in [3.63, 3.8) is 0 Å². The third-order valence-corrected chi connectivity index (χ3v) is 1.40. The van der Waals surface area contributed by atoms with Crippen molar-refractivity contribution >= 4 is 23.9 Å². The van der Waals surface area contributed by atoms with E-state index in [4.69, 9.17) is 5.11 Å². The second kappa shape index (κ2) is 4.91. The van der Waals surface area contributed by atoms with Gasteiger partial charge in [0.1, 0.15) is 0 Å². The van der Waals surface area contributed by atoms with E-state index in [1.165, 1.54) is 0 Å². The van der Waals surface area contributed by atoms with Crippen LogP contribution in [0.1, 0.15) is 17.5 Å². The maximum absolute atomic E-state index is 11.0. The molecule has 8 nitrogen and oxygen atoms in total. The summed E-state index contributed by atoms with van der Waals surface area (Å²) in [5, 5.41) is 10.4. The van der Waals surface area contributed by atoms with Gasteiger partial charge in [-0.05, 0) is 6.92 Å². The zero-order chi connectivity index (χ0) is 12.1. The SMILES string of the molecule is CCOC(=O)C(=O)Nc1ncc(C(=O)O)o1. The second-order valence-corrected chi connectivity index (χ2v) is 2.51. The number of carbonyl (C=O) groups excluding carboxylic acids is 2. The molecule has 0 spiro atoms. The molecule has 2 N–H and O–H groups in total. The quantitative estimate of drug-likeness (QED) is 0.546. The number of nitrogens with zero attached hydrogens (tertiary/aromatic N) is 1. The summed E-state index contributed by atoms with van der Waals surface area (Å²) in [6.45, 7) is 1.59. The summed E-state index contributed by atoms with van der Waals surface area (Å²) in [5.74, 6) is -3.96. The fourth-order valence-electron chi connectivity index (χ4n) is 0.776. The summed E-state index contributed by atoms with van der Waals surface area (Å²) in [6, 6.07) is -0.379. The van der Waals surface area contributed by atoms with Gasteiger partial charge in [-0.2, -0.15) is 0 Å². The first-order valence-electron chi connectivity index (χ1n) is 4.21. The molecular weight excluding hydrogens is 220 g/mol. The molecule has 1 rings (SSSR count). The molecule has 0 aliphatic carbocycles. The van der Waals surface area contributed by atoms with Crippen molar-refractivity contribution in [2.24, 2.45) is 0 Å². The van der Waals surface area contributed by atoms with Crippen LogP contribution in [0.25, 0.3) is 0 Å². The Morgan fingerprint density at radius 3 is 2.75 bits per heavy atom. The fourth-order valence-corrected chi connectivity index (χ4v) is 0.776. The summed E-state index contributed by atoms with van der Waals surface area (Å²) in [5.41, 5.74) is 0. The highest BCUT2D eigenvalue weighted by atomic mass is 16.5. The smallest absolute Gasteiger partial charge is 0.397 e. The molecule has 1 aromatic heterocycles. The molecule has 0 aromatic carbocycles. The Bertz CT molecular complexity index is 424. The Morgan fingerprint density at radius 2 is 2.25 bits per heavy atom. The van der Waals surface area contributed by atoms with Crippen LogP contribution in [-0.4, -0.2) is 34.5 Å². The molecule has 0 atom stereocenters. The van der Waals surface area contributed by atoms with Gasteiger partial charge < -0.3 is 14.3 Å². The van der Waals surface area contributed by atoms with Crippen molar-refractivity contribution in [1.29, 1.82) is 0 Å². The van der Waals surface area contributed by atoms with E-state index in [1.807, 2.05) is 5.32 Å². The van der Waals surface area contributed by atoms with Crippen LogP contribution in [-0.2, 0) is 14.3 Å². The van der Waals surface area contributed by atoms with Crippen LogP contribution in [0.3, 0.4) is 0 Å². The van der Waals surface area contributed by atoms with E-state index >= 15 is 0 Å². The number of esters is 1. The van der Waals surface area contributed by atoms with E-state index in [-0.39, 0.29) is 12.6 Å². The van der Waals surface area contributed by atoms with Crippen molar-refractivity contribution in [2.45, 2.75) is 6.92 Å². The van der Waals surface area contributed by atoms with Gasteiger partial charge in [0.05, 0.1) is 12.8 Å². The van der Waals surface area contributed by atoms with Crippen molar-refractivity contribution in [1.82, 2.24) is 4.98 Å². The van der Waals surface area contributed by atoms with E-state index in [1.54, 1.807) is 6.92 Å². The van der Waals surface area contributed by atoms with Gasteiger partial charge in [-0.15, -0.1) is 0 Å². The molecule has 0 saturated carbocycles. The number of oxazole rings is 1. The molecule has 1 amide bonds. The average Bonchev–Trinajstić information content (AvgIpc) is 2.66. The fraction of sp³-hybridized carbons (Fsp3) is 0.250. The number of hydrogen-bond donors (Lipinski definition) is 2. The van der Waals surface area contributed by atoms with E-state index < -0.39 is 23.6 Å². The number of carbonyl (C=O) groups is 3. The van der Waals surface area contributed by atoms with Crippen LogP contribution in [0.4, 0.5) is 6.01 Å². The summed E-state index contributed by atoms with van der Waals surface area (Å²) in [7, 11) is 0. The Morgan fingerprint density at radius 1 is 1.56 bits per heavy atom. The zero-order valence-corrected chi connectivity index (χ0v) is 8.22. The van der Waals surface area contributed by atoms with Gasteiger partial charge in [0, 0.05) is 0 Å². The first-order chi connectivity index (χ1) is 7.54. The lowest BCUT2D eigenvalue weighted by atomic mass is 10.5. The molecule has 0 radical (unpaired) electrons. The number of ether oxygens (including phenoxy) is 1. The molecule has 1 aromatic rings. The lowest BCUT2D eigenvalue weighted by molar-refractivity contribution is -0.152. The first-order valence-corrected chi connectivity index (χ1v) is 4.21. The third-order valence-electron chi connectivity index (χ3n) is 1.40. The molecule has 0 fully saturated rings. The molecule has 0 bridgehead atoms. The van der Waals surface area contributed by atoms with Gasteiger partial charge in [-0.1, -0.05) is 0 Å². The molecule has 0 aliphatic rings. The van der Waals surface area contributed by atoms with E-state index in [0.717, 1.165) is 6.20 Å². The predicted octanol–water partition coefficient (Wildman–Crippen LogP) is -0.126. The van der Waals surface area contributed by atoms with E-state index in [9.17, 15) is 14.4 Å². The lowest BCUT2D eigenvalue weighted by Gasteiger charge is -1.99. The van der Waals surface area contributed by atoms with Gasteiger partial charge in [-0.3, -0.25) is 10.1 Å². The Balaban J connectivity index is 2.63.